The second-order valence-corrected chi connectivity index (χ2v) is 5.58. The Morgan fingerprint density at radius 2 is 2.06 bits per heavy atom. The van der Waals surface area contributed by atoms with Gasteiger partial charge in [0.15, 0.2) is 0 Å². The number of ether oxygens (including phenoxy) is 1. The summed E-state index contributed by atoms with van der Waals surface area (Å²) in [4.78, 5) is 14.3. The fourth-order valence-corrected chi connectivity index (χ4v) is 2.18. The van der Waals surface area contributed by atoms with Crippen LogP contribution in [0.1, 0.15) is 53.4 Å². The molecule has 0 aromatic rings. The van der Waals surface area contributed by atoms with E-state index in [1.807, 2.05) is 20.8 Å². The maximum absolute atomic E-state index is 12.0. The maximum atomic E-state index is 12.0. The molecule has 3 heteroatoms. The first kappa shape index (κ1) is 13.5. The van der Waals surface area contributed by atoms with E-state index < -0.39 is 0 Å². The molecular formula is C13H25NO2. The van der Waals surface area contributed by atoms with Gasteiger partial charge in [0.2, 0.25) is 0 Å². The molecule has 1 aliphatic rings. The summed E-state index contributed by atoms with van der Waals surface area (Å²) in [5.74, 6) is -0.0411. The van der Waals surface area contributed by atoms with E-state index in [-0.39, 0.29) is 17.6 Å². The monoisotopic (exact) mass is 227 g/mol. The Labute approximate surface area is 99.1 Å². The third kappa shape index (κ3) is 4.12. The molecule has 1 unspecified atom stereocenters. The third-order valence-electron chi connectivity index (χ3n) is 2.80. The Hall–Kier alpha value is -0.570. The normalized spacial score (nSPS) is 23.1. The van der Waals surface area contributed by atoms with Gasteiger partial charge in [-0.05, 0) is 53.1 Å². The zero-order chi connectivity index (χ0) is 12.2. The molecule has 0 spiro atoms. The second kappa shape index (κ2) is 5.67. The summed E-state index contributed by atoms with van der Waals surface area (Å²) in [7, 11) is 0. The molecule has 1 aliphatic heterocycles. The quantitative estimate of drug-likeness (QED) is 0.694. The standard InChI is InChI=1S/C13H25NO2/c1-5-9-14-10-7-6-8-11(14)12(15)16-13(2,3)4/h11H,5-10H2,1-4H3. The smallest absolute Gasteiger partial charge is 0.323 e. The first-order chi connectivity index (χ1) is 7.44. The van der Waals surface area contributed by atoms with E-state index in [9.17, 15) is 4.79 Å². The number of rotatable bonds is 3. The molecule has 0 bridgehead atoms. The molecule has 1 fully saturated rings. The van der Waals surface area contributed by atoms with Crippen LogP contribution in [0.5, 0.6) is 0 Å². The summed E-state index contributed by atoms with van der Waals surface area (Å²) >= 11 is 0. The Kier molecular flexibility index (Phi) is 4.78. The van der Waals surface area contributed by atoms with Crippen molar-refractivity contribution in [2.75, 3.05) is 13.1 Å². The van der Waals surface area contributed by atoms with Gasteiger partial charge >= 0.3 is 5.97 Å². The zero-order valence-electron chi connectivity index (χ0n) is 11.1. The lowest BCUT2D eigenvalue weighted by molar-refractivity contribution is -0.162. The molecule has 0 radical (unpaired) electrons. The summed E-state index contributed by atoms with van der Waals surface area (Å²) in [6, 6.07) is -0.00655. The highest BCUT2D eigenvalue weighted by molar-refractivity contribution is 5.76. The second-order valence-electron chi connectivity index (χ2n) is 5.58. The van der Waals surface area contributed by atoms with Gasteiger partial charge in [-0.2, -0.15) is 0 Å². The fourth-order valence-electron chi connectivity index (χ4n) is 2.18. The number of carbonyl (C=O) groups excluding carboxylic acids is 1. The molecule has 0 aromatic heterocycles. The summed E-state index contributed by atoms with van der Waals surface area (Å²) in [5.41, 5.74) is -0.369. The van der Waals surface area contributed by atoms with Crippen LogP contribution in [0.3, 0.4) is 0 Å². The predicted octanol–water partition coefficient (Wildman–Crippen LogP) is 2.59. The van der Waals surface area contributed by atoms with Crippen molar-refractivity contribution < 1.29 is 9.53 Å². The number of carbonyl (C=O) groups is 1. The van der Waals surface area contributed by atoms with Gasteiger partial charge in [0, 0.05) is 0 Å². The lowest BCUT2D eigenvalue weighted by Crippen LogP contribution is -2.47. The first-order valence-electron chi connectivity index (χ1n) is 6.41. The minimum atomic E-state index is -0.369. The zero-order valence-corrected chi connectivity index (χ0v) is 11.1. The largest absolute Gasteiger partial charge is 0.459 e. The van der Waals surface area contributed by atoms with E-state index in [2.05, 4.69) is 11.8 Å². The predicted molar refractivity (Wildman–Crippen MR) is 65.3 cm³/mol. The average molecular weight is 227 g/mol. The summed E-state index contributed by atoms with van der Waals surface area (Å²) < 4.78 is 5.47. The van der Waals surface area contributed by atoms with Gasteiger partial charge in [-0.3, -0.25) is 9.69 Å². The van der Waals surface area contributed by atoms with Gasteiger partial charge in [0.05, 0.1) is 0 Å². The van der Waals surface area contributed by atoms with Gasteiger partial charge in [0.25, 0.3) is 0 Å². The fraction of sp³-hybridized carbons (Fsp3) is 0.923. The van der Waals surface area contributed by atoms with Crippen molar-refractivity contribution in [2.24, 2.45) is 0 Å². The van der Waals surface area contributed by atoms with Crippen LogP contribution in [-0.4, -0.2) is 35.6 Å². The maximum Gasteiger partial charge on any atom is 0.323 e. The molecule has 0 saturated carbocycles. The molecule has 0 aromatic carbocycles. The van der Waals surface area contributed by atoms with Crippen molar-refractivity contribution >= 4 is 5.97 Å². The van der Waals surface area contributed by atoms with Crippen LogP contribution in [-0.2, 0) is 9.53 Å². The average Bonchev–Trinajstić information content (AvgIpc) is 2.16. The Balaban J connectivity index is 2.57. The van der Waals surface area contributed by atoms with Crippen LogP contribution in [0.4, 0.5) is 0 Å². The molecular weight excluding hydrogens is 202 g/mol. The van der Waals surface area contributed by atoms with Crippen molar-refractivity contribution in [3.63, 3.8) is 0 Å². The van der Waals surface area contributed by atoms with Crippen molar-refractivity contribution in [1.82, 2.24) is 4.90 Å². The van der Waals surface area contributed by atoms with E-state index >= 15 is 0 Å². The highest BCUT2D eigenvalue weighted by Crippen LogP contribution is 2.20. The lowest BCUT2D eigenvalue weighted by Gasteiger charge is -2.35. The molecule has 16 heavy (non-hydrogen) atoms. The molecule has 0 N–H and O–H groups in total. The SMILES string of the molecule is CCCN1CCCCC1C(=O)OC(C)(C)C. The van der Waals surface area contributed by atoms with Crippen LogP contribution >= 0.6 is 0 Å². The van der Waals surface area contributed by atoms with Crippen molar-refractivity contribution in [2.45, 2.75) is 65.0 Å². The Bertz CT molecular complexity index is 231. The van der Waals surface area contributed by atoms with Crippen molar-refractivity contribution in [3.05, 3.63) is 0 Å². The van der Waals surface area contributed by atoms with Crippen LogP contribution < -0.4 is 0 Å². The topological polar surface area (TPSA) is 29.5 Å². The van der Waals surface area contributed by atoms with E-state index in [0.29, 0.717) is 0 Å². The third-order valence-corrected chi connectivity index (χ3v) is 2.80. The van der Waals surface area contributed by atoms with E-state index in [1.165, 1.54) is 6.42 Å². The number of piperidine rings is 1. The molecule has 1 heterocycles. The van der Waals surface area contributed by atoms with Gasteiger partial charge < -0.3 is 4.74 Å². The minimum absolute atomic E-state index is 0.00655. The van der Waals surface area contributed by atoms with Crippen LogP contribution in [0, 0.1) is 0 Å². The lowest BCUT2D eigenvalue weighted by atomic mass is 10.0. The number of likely N-dealkylation sites (tertiary alicyclic amines) is 1. The molecule has 1 rings (SSSR count). The first-order valence-corrected chi connectivity index (χ1v) is 6.41. The van der Waals surface area contributed by atoms with E-state index in [1.54, 1.807) is 0 Å². The number of nitrogens with zero attached hydrogens (tertiary/aromatic N) is 1. The summed E-state index contributed by atoms with van der Waals surface area (Å²) in [6.07, 6.45) is 4.40. The Morgan fingerprint density at radius 1 is 1.38 bits per heavy atom. The molecule has 0 aliphatic carbocycles. The van der Waals surface area contributed by atoms with E-state index in [4.69, 9.17) is 4.74 Å². The number of hydrogen-bond donors (Lipinski definition) is 0. The van der Waals surface area contributed by atoms with Crippen molar-refractivity contribution in [1.29, 1.82) is 0 Å². The molecule has 94 valence electrons. The summed E-state index contributed by atoms with van der Waals surface area (Å²) in [6.45, 7) is 9.98. The van der Waals surface area contributed by atoms with Gasteiger partial charge in [-0.15, -0.1) is 0 Å². The highest BCUT2D eigenvalue weighted by Gasteiger charge is 2.31. The van der Waals surface area contributed by atoms with Crippen LogP contribution in [0.15, 0.2) is 0 Å². The molecule has 1 saturated heterocycles. The molecule has 0 amide bonds. The summed E-state index contributed by atoms with van der Waals surface area (Å²) in [5, 5.41) is 0. The van der Waals surface area contributed by atoms with Crippen LogP contribution in [0.25, 0.3) is 0 Å². The van der Waals surface area contributed by atoms with Gasteiger partial charge in [-0.1, -0.05) is 13.3 Å². The number of hydrogen-bond acceptors (Lipinski definition) is 3. The van der Waals surface area contributed by atoms with Gasteiger partial charge in [0.1, 0.15) is 11.6 Å². The van der Waals surface area contributed by atoms with Gasteiger partial charge in [-0.25, -0.2) is 0 Å². The van der Waals surface area contributed by atoms with Crippen LogP contribution in [0.2, 0.25) is 0 Å². The van der Waals surface area contributed by atoms with E-state index in [0.717, 1.165) is 32.4 Å². The molecule has 3 nitrogen and oxygen atoms in total. The van der Waals surface area contributed by atoms with Crippen molar-refractivity contribution in [3.8, 4) is 0 Å². The molecule has 1 atom stereocenters. The number of esters is 1. The Morgan fingerprint density at radius 3 is 2.62 bits per heavy atom. The highest BCUT2D eigenvalue weighted by atomic mass is 16.6. The minimum Gasteiger partial charge on any atom is -0.459 e.